The molecule has 1 amide bonds. The molecule has 112 valence electrons. The topological polar surface area (TPSA) is 66.8 Å². The molecule has 3 rings (SSSR count). The van der Waals surface area contributed by atoms with Gasteiger partial charge in [-0.15, -0.1) is 0 Å². The predicted molar refractivity (Wildman–Crippen MR) is 75.6 cm³/mol. The van der Waals surface area contributed by atoms with Crippen molar-refractivity contribution in [3.63, 3.8) is 0 Å². The number of rotatable bonds is 3. The SMILES string of the molecule is O=C(O)C1CN(C(=O)OCc2ccccc2)CC2(CC2)C1. The van der Waals surface area contributed by atoms with Crippen LogP contribution in [0.25, 0.3) is 0 Å². The first kappa shape index (κ1) is 13.9. The first-order valence-electron chi connectivity index (χ1n) is 7.26. The Kier molecular flexibility index (Phi) is 3.57. The van der Waals surface area contributed by atoms with Gasteiger partial charge in [0.05, 0.1) is 5.92 Å². The Labute approximate surface area is 123 Å². The fourth-order valence-electron chi connectivity index (χ4n) is 3.04. The Morgan fingerprint density at radius 3 is 2.62 bits per heavy atom. The number of hydrogen-bond acceptors (Lipinski definition) is 3. The van der Waals surface area contributed by atoms with Crippen molar-refractivity contribution in [1.82, 2.24) is 4.90 Å². The Morgan fingerprint density at radius 1 is 1.29 bits per heavy atom. The highest BCUT2D eigenvalue weighted by Gasteiger charge is 2.51. The Balaban J connectivity index is 1.60. The second-order valence-corrected chi connectivity index (χ2v) is 6.16. The maximum absolute atomic E-state index is 12.2. The summed E-state index contributed by atoms with van der Waals surface area (Å²) in [7, 11) is 0. The van der Waals surface area contributed by atoms with E-state index in [2.05, 4.69) is 0 Å². The summed E-state index contributed by atoms with van der Waals surface area (Å²) in [5.41, 5.74) is 0.964. The van der Waals surface area contributed by atoms with Gasteiger partial charge in [0.2, 0.25) is 0 Å². The van der Waals surface area contributed by atoms with Crippen LogP contribution in [0.4, 0.5) is 4.79 Å². The molecule has 1 atom stereocenters. The van der Waals surface area contributed by atoms with E-state index >= 15 is 0 Å². The lowest BCUT2D eigenvalue weighted by Gasteiger charge is -2.35. The summed E-state index contributed by atoms with van der Waals surface area (Å²) in [5.74, 6) is -1.28. The van der Waals surface area contributed by atoms with Gasteiger partial charge in [0.25, 0.3) is 0 Å². The van der Waals surface area contributed by atoms with E-state index in [0.717, 1.165) is 18.4 Å². The molecular weight excluding hydrogens is 270 g/mol. The first-order chi connectivity index (χ1) is 10.1. The third kappa shape index (κ3) is 3.17. The molecule has 2 aliphatic rings. The van der Waals surface area contributed by atoms with Crippen LogP contribution < -0.4 is 0 Å². The largest absolute Gasteiger partial charge is 0.481 e. The van der Waals surface area contributed by atoms with E-state index < -0.39 is 18.0 Å². The molecule has 1 N–H and O–H groups in total. The number of amides is 1. The zero-order chi connectivity index (χ0) is 14.9. The molecule has 1 aliphatic heterocycles. The van der Waals surface area contributed by atoms with E-state index in [4.69, 9.17) is 4.74 Å². The van der Waals surface area contributed by atoms with Gasteiger partial charge in [-0.25, -0.2) is 4.79 Å². The highest BCUT2D eigenvalue weighted by Crippen LogP contribution is 2.53. The lowest BCUT2D eigenvalue weighted by atomic mass is 9.87. The highest BCUT2D eigenvalue weighted by molar-refractivity contribution is 5.73. The molecule has 0 radical (unpaired) electrons. The zero-order valence-corrected chi connectivity index (χ0v) is 11.8. The third-order valence-corrected chi connectivity index (χ3v) is 4.42. The van der Waals surface area contributed by atoms with Crippen molar-refractivity contribution in [3.8, 4) is 0 Å². The van der Waals surface area contributed by atoms with E-state index in [1.54, 1.807) is 4.90 Å². The number of likely N-dealkylation sites (tertiary alicyclic amines) is 1. The van der Waals surface area contributed by atoms with Gasteiger partial charge in [0.1, 0.15) is 6.61 Å². The number of nitrogens with zero attached hydrogens (tertiary/aromatic N) is 1. The molecule has 21 heavy (non-hydrogen) atoms. The van der Waals surface area contributed by atoms with Crippen LogP contribution in [-0.4, -0.2) is 35.2 Å². The minimum atomic E-state index is -0.818. The van der Waals surface area contributed by atoms with Gasteiger partial charge in [-0.2, -0.15) is 0 Å². The predicted octanol–water partition coefficient (Wildman–Crippen LogP) is 2.51. The second-order valence-electron chi connectivity index (χ2n) is 6.16. The Bertz CT molecular complexity index is 538. The van der Waals surface area contributed by atoms with Crippen molar-refractivity contribution >= 4 is 12.1 Å². The molecular formula is C16H19NO4. The van der Waals surface area contributed by atoms with E-state index in [1.165, 1.54) is 0 Å². The summed E-state index contributed by atoms with van der Waals surface area (Å²) in [6.45, 7) is 1.11. The molecule has 1 saturated carbocycles. The summed E-state index contributed by atoms with van der Waals surface area (Å²) in [5, 5.41) is 9.23. The summed E-state index contributed by atoms with van der Waals surface area (Å²) < 4.78 is 5.31. The van der Waals surface area contributed by atoms with Crippen LogP contribution in [0.15, 0.2) is 30.3 Å². The van der Waals surface area contributed by atoms with Crippen LogP contribution in [0.3, 0.4) is 0 Å². The van der Waals surface area contributed by atoms with Gasteiger partial charge in [0.15, 0.2) is 0 Å². The fourth-order valence-corrected chi connectivity index (χ4v) is 3.04. The molecule has 1 spiro atoms. The van der Waals surface area contributed by atoms with Gasteiger partial charge < -0.3 is 14.7 Å². The summed E-state index contributed by atoms with van der Waals surface area (Å²) in [4.78, 5) is 25.0. The Hall–Kier alpha value is -2.04. The highest BCUT2D eigenvalue weighted by atomic mass is 16.6. The maximum atomic E-state index is 12.2. The number of piperidine rings is 1. The molecule has 1 aromatic rings. The van der Waals surface area contributed by atoms with Crippen molar-refractivity contribution in [3.05, 3.63) is 35.9 Å². The smallest absolute Gasteiger partial charge is 0.410 e. The second kappa shape index (κ2) is 5.39. The standard InChI is InChI=1S/C16H19NO4/c18-14(19)13-8-16(6-7-16)11-17(9-13)15(20)21-10-12-4-2-1-3-5-12/h1-5,13H,6-11H2,(H,18,19). The van der Waals surface area contributed by atoms with Crippen molar-refractivity contribution in [2.75, 3.05) is 13.1 Å². The molecule has 5 nitrogen and oxygen atoms in total. The van der Waals surface area contributed by atoms with Crippen molar-refractivity contribution in [1.29, 1.82) is 0 Å². The van der Waals surface area contributed by atoms with Crippen molar-refractivity contribution in [2.24, 2.45) is 11.3 Å². The van der Waals surface area contributed by atoms with Crippen molar-refractivity contribution < 1.29 is 19.4 Å². The molecule has 1 saturated heterocycles. The minimum Gasteiger partial charge on any atom is -0.481 e. The quantitative estimate of drug-likeness (QED) is 0.928. The number of hydrogen-bond donors (Lipinski definition) is 1. The number of carboxylic acid groups (broad SMARTS) is 1. The molecule has 1 aromatic carbocycles. The van der Waals surface area contributed by atoms with E-state index in [-0.39, 0.29) is 18.6 Å². The Morgan fingerprint density at radius 2 is 2.00 bits per heavy atom. The van der Waals surface area contributed by atoms with Crippen LogP contribution in [0.2, 0.25) is 0 Å². The van der Waals surface area contributed by atoms with Crippen LogP contribution in [0, 0.1) is 11.3 Å². The van der Waals surface area contributed by atoms with Crippen LogP contribution in [0.1, 0.15) is 24.8 Å². The zero-order valence-electron chi connectivity index (χ0n) is 11.8. The summed E-state index contributed by atoms with van der Waals surface area (Å²) >= 11 is 0. The number of carbonyl (C=O) groups is 2. The minimum absolute atomic E-state index is 0.0348. The van der Waals surface area contributed by atoms with Gasteiger partial charge in [0, 0.05) is 13.1 Å². The number of benzene rings is 1. The normalized spacial score (nSPS) is 22.9. The van der Waals surface area contributed by atoms with E-state index in [9.17, 15) is 14.7 Å². The van der Waals surface area contributed by atoms with Gasteiger partial charge in [-0.05, 0) is 30.2 Å². The summed E-state index contributed by atoms with van der Waals surface area (Å²) in [6, 6.07) is 9.48. The fraction of sp³-hybridized carbons (Fsp3) is 0.500. The van der Waals surface area contributed by atoms with E-state index in [0.29, 0.717) is 13.0 Å². The molecule has 1 heterocycles. The molecule has 2 fully saturated rings. The van der Waals surface area contributed by atoms with Gasteiger partial charge >= 0.3 is 12.1 Å². The average Bonchev–Trinajstić information content (AvgIpc) is 3.23. The number of carbonyl (C=O) groups excluding carboxylic acids is 1. The van der Waals surface area contributed by atoms with Gasteiger partial charge in [-0.3, -0.25) is 4.79 Å². The van der Waals surface area contributed by atoms with E-state index in [1.807, 2.05) is 30.3 Å². The monoisotopic (exact) mass is 289 g/mol. The van der Waals surface area contributed by atoms with Crippen LogP contribution in [0.5, 0.6) is 0 Å². The molecule has 0 aromatic heterocycles. The molecule has 1 unspecified atom stereocenters. The third-order valence-electron chi connectivity index (χ3n) is 4.42. The first-order valence-corrected chi connectivity index (χ1v) is 7.26. The molecule has 1 aliphatic carbocycles. The van der Waals surface area contributed by atoms with Crippen LogP contribution in [-0.2, 0) is 16.1 Å². The number of carboxylic acids is 1. The molecule has 5 heteroatoms. The number of ether oxygens (including phenoxy) is 1. The lowest BCUT2D eigenvalue weighted by Crippen LogP contribution is -2.47. The number of aliphatic carboxylic acids is 1. The average molecular weight is 289 g/mol. The maximum Gasteiger partial charge on any atom is 0.410 e. The van der Waals surface area contributed by atoms with Crippen LogP contribution >= 0.6 is 0 Å². The van der Waals surface area contributed by atoms with Gasteiger partial charge in [-0.1, -0.05) is 30.3 Å². The summed E-state index contributed by atoms with van der Waals surface area (Å²) in [6.07, 6.45) is 2.31. The van der Waals surface area contributed by atoms with Crippen molar-refractivity contribution in [2.45, 2.75) is 25.9 Å². The lowest BCUT2D eigenvalue weighted by molar-refractivity contribution is -0.144. The molecule has 0 bridgehead atoms.